The lowest BCUT2D eigenvalue weighted by molar-refractivity contribution is -0.117. The molecule has 0 bridgehead atoms. The fourth-order valence-electron chi connectivity index (χ4n) is 4.58. The van der Waals surface area contributed by atoms with Crippen molar-refractivity contribution in [3.63, 3.8) is 0 Å². The first-order chi connectivity index (χ1) is 16.1. The van der Waals surface area contributed by atoms with Crippen LogP contribution in [0.5, 0.6) is 0 Å². The zero-order chi connectivity index (χ0) is 23.6. The van der Waals surface area contributed by atoms with Crippen molar-refractivity contribution in [1.29, 1.82) is 0 Å². The van der Waals surface area contributed by atoms with E-state index in [2.05, 4.69) is 65.8 Å². The molecule has 2 aliphatic heterocycles. The third kappa shape index (κ3) is 6.83. The molecule has 0 aliphatic carbocycles. The van der Waals surface area contributed by atoms with Crippen molar-refractivity contribution in [2.24, 2.45) is 0 Å². The molecule has 2 aliphatic rings. The first-order valence-electron chi connectivity index (χ1n) is 11.9. The monoisotopic (exact) mass is 468 g/mol. The number of nitrogens with one attached hydrogen (secondary N) is 1. The molecule has 2 aromatic rings. The zero-order valence-corrected chi connectivity index (χ0v) is 20.7. The number of hydrogen-bond donors (Lipinski definition) is 1. The summed E-state index contributed by atoms with van der Waals surface area (Å²) in [6, 6.07) is 8.04. The highest BCUT2D eigenvalue weighted by molar-refractivity contribution is 6.30. The fraction of sp³-hybridized carbons (Fsp3) is 0.444. The summed E-state index contributed by atoms with van der Waals surface area (Å²) in [5.74, 6) is 0.611. The van der Waals surface area contributed by atoms with E-state index in [-0.39, 0.29) is 0 Å². The van der Waals surface area contributed by atoms with Gasteiger partial charge in [-0.1, -0.05) is 36.4 Å². The van der Waals surface area contributed by atoms with Crippen LogP contribution in [-0.2, 0) is 4.79 Å². The van der Waals surface area contributed by atoms with Crippen LogP contribution in [0, 0.1) is 0 Å². The molecule has 5 nitrogen and oxygen atoms in total. The number of allylic oxidation sites excluding steroid dienone is 1. The fourth-order valence-corrected chi connectivity index (χ4v) is 4.71. The standard InChI is InChI=1S/C21H25ClN2.C6H12N2O/c1-4-6-19-20(16-11-13-23(3)14-12-16)15-24(21(19)5-2)18-9-7-17(22)8-10-18;9-6-8-4-1-2-7-3-5-8/h4-10,15-16H,1,11-14H2,2-3H3;6-7H,1-5H2/b19-6-,21-5+;. The number of carbonyl (C=O) groups excluding carboxylic acids is 1. The Morgan fingerprint density at radius 2 is 1.82 bits per heavy atom. The molecule has 178 valence electrons. The van der Waals surface area contributed by atoms with E-state index >= 15 is 0 Å². The van der Waals surface area contributed by atoms with Crippen LogP contribution in [0.4, 0.5) is 0 Å². The Hall–Kier alpha value is -2.34. The number of piperidine rings is 1. The molecule has 33 heavy (non-hydrogen) atoms. The number of amides is 1. The Bertz CT molecular complexity index is 1010. The van der Waals surface area contributed by atoms with Crippen LogP contribution in [-0.4, -0.2) is 67.1 Å². The van der Waals surface area contributed by atoms with Crippen molar-refractivity contribution in [2.75, 3.05) is 46.3 Å². The number of halogens is 1. The molecule has 4 rings (SSSR count). The third-order valence-corrected chi connectivity index (χ3v) is 6.71. The van der Waals surface area contributed by atoms with Crippen molar-refractivity contribution in [3.8, 4) is 5.69 Å². The van der Waals surface area contributed by atoms with Crippen LogP contribution in [0.2, 0.25) is 5.02 Å². The lowest BCUT2D eigenvalue weighted by atomic mass is 9.90. The smallest absolute Gasteiger partial charge is 0.209 e. The minimum absolute atomic E-state index is 0.611. The number of hydrogen-bond acceptors (Lipinski definition) is 3. The molecule has 2 saturated heterocycles. The summed E-state index contributed by atoms with van der Waals surface area (Å²) in [6.45, 7) is 12.1. The number of likely N-dealkylation sites (tertiary alicyclic amines) is 1. The molecular formula is C27H37ClN4O. The van der Waals surface area contributed by atoms with Crippen molar-refractivity contribution >= 4 is 30.2 Å². The Kier molecular flexibility index (Phi) is 9.79. The van der Waals surface area contributed by atoms with Crippen LogP contribution in [0.3, 0.4) is 0 Å². The van der Waals surface area contributed by atoms with Crippen molar-refractivity contribution < 1.29 is 4.79 Å². The quantitative estimate of drug-likeness (QED) is 0.701. The predicted molar refractivity (Wildman–Crippen MR) is 139 cm³/mol. The molecule has 3 heterocycles. The average molecular weight is 469 g/mol. The Morgan fingerprint density at radius 3 is 2.45 bits per heavy atom. The van der Waals surface area contributed by atoms with Gasteiger partial charge < -0.3 is 19.7 Å². The Balaban J connectivity index is 0.000000286. The van der Waals surface area contributed by atoms with Gasteiger partial charge in [0, 0.05) is 47.1 Å². The van der Waals surface area contributed by atoms with Gasteiger partial charge in [-0.3, -0.25) is 4.79 Å². The predicted octanol–water partition coefficient (Wildman–Crippen LogP) is 3.14. The summed E-state index contributed by atoms with van der Waals surface area (Å²) in [6.07, 6.45) is 13.0. The number of nitrogens with zero attached hydrogens (tertiary/aromatic N) is 3. The first-order valence-corrected chi connectivity index (χ1v) is 12.3. The molecule has 2 fully saturated rings. The van der Waals surface area contributed by atoms with Crippen molar-refractivity contribution in [1.82, 2.24) is 19.7 Å². The maximum Gasteiger partial charge on any atom is 0.209 e. The van der Waals surface area contributed by atoms with E-state index in [1.165, 1.54) is 29.0 Å². The Labute approximate surface area is 203 Å². The molecule has 0 atom stereocenters. The SMILES string of the molecule is C=C/C=c1/c(C2CCN(C)CC2)cn(-c2ccc(Cl)cc2)/c1=C/C.O=CN1CCCNCC1. The second kappa shape index (κ2) is 12.8. The molecule has 0 spiro atoms. The van der Waals surface area contributed by atoms with E-state index in [0.717, 1.165) is 62.8 Å². The number of benzene rings is 1. The van der Waals surface area contributed by atoms with E-state index < -0.39 is 0 Å². The summed E-state index contributed by atoms with van der Waals surface area (Å²) in [4.78, 5) is 14.4. The molecule has 6 heteroatoms. The average Bonchev–Trinajstić information content (AvgIpc) is 3.00. The van der Waals surface area contributed by atoms with Gasteiger partial charge in [-0.15, -0.1) is 0 Å². The summed E-state index contributed by atoms with van der Waals surface area (Å²) in [7, 11) is 2.21. The summed E-state index contributed by atoms with van der Waals surface area (Å²) < 4.78 is 2.28. The number of rotatable bonds is 4. The molecule has 0 radical (unpaired) electrons. The topological polar surface area (TPSA) is 40.5 Å². The minimum atomic E-state index is 0.611. The second-order valence-electron chi connectivity index (χ2n) is 8.74. The van der Waals surface area contributed by atoms with E-state index in [9.17, 15) is 4.79 Å². The van der Waals surface area contributed by atoms with Crippen LogP contribution in [0.15, 0.2) is 43.1 Å². The maximum absolute atomic E-state index is 10.2. The van der Waals surface area contributed by atoms with Gasteiger partial charge in [-0.25, -0.2) is 0 Å². The third-order valence-electron chi connectivity index (χ3n) is 6.46. The van der Waals surface area contributed by atoms with E-state index in [4.69, 9.17) is 11.6 Å². The number of carbonyl (C=O) groups is 1. The van der Waals surface area contributed by atoms with E-state index in [0.29, 0.717) is 5.92 Å². The normalized spacial score (nSPS) is 19.1. The van der Waals surface area contributed by atoms with Gasteiger partial charge >= 0.3 is 0 Å². The summed E-state index contributed by atoms with van der Waals surface area (Å²) in [5, 5.41) is 6.51. The molecule has 1 aromatic heterocycles. The van der Waals surface area contributed by atoms with Gasteiger partial charge in [0.15, 0.2) is 0 Å². The lowest BCUT2D eigenvalue weighted by Crippen LogP contribution is -2.33. The molecule has 0 saturated carbocycles. The van der Waals surface area contributed by atoms with E-state index in [1.54, 1.807) is 4.90 Å². The molecule has 1 amide bonds. The lowest BCUT2D eigenvalue weighted by Gasteiger charge is -2.28. The summed E-state index contributed by atoms with van der Waals surface area (Å²) >= 11 is 6.05. The largest absolute Gasteiger partial charge is 0.344 e. The highest BCUT2D eigenvalue weighted by atomic mass is 35.5. The van der Waals surface area contributed by atoms with Crippen LogP contribution >= 0.6 is 11.6 Å². The second-order valence-corrected chi connectivity index (χ2v) is 9.18. The highest BCUT2D eigenvalue weighted by Gasteiger charge is 2.21. The molecule has 1 aromatic carbocycles. The van der Waals surface area contributed by atoms with Gasteiger partial charge in [-0.05, 0) is 88.6 Å². The first kappa shape index (κ1) is 25.3. The summed E-state index contributed by atoms with van der Waals surface area (Å²) in [5.41, 5.74) is 2.58. The Morgan fingerprint density at radius 1 is 1.09 bits per heavy atom. The van der Waals surface area contributed by atoms with E-state index in [1.807, 2.05) is 18.2 Å². The van der Waals surface area contributed by atoms with Crippen LogP contribution in [0.1, 0.15) is 37.7 Å². The zero-order valence-electron chi connectivity index (χ0n) is 20.0. The molecule has 0 unspecified atom stereocenters. The highest BCUT2D eigenvalue weighted by Crippen LogP contribution is 2.25. The maximum atomic E-state index is 10.2. The van der Waals surface area contributed by atoms with Gasteiger partial charge in [0.25, 0.3) is 0 Å². The van der Waals surface area contributed by atoms with Gasteiger partial charge in [0.1, 0.15) is 0 Å². The van der Waals surface area contributed by atoms with Crippen molar-refractivity contribution in [2.45, 2.75) is 32.1 Å². The van der Waals surface area contributed by atoms with Gasteiger partial charge in [0.05, 0.1) is 0 Å². The van der Waals surface area contributed by atoms with Crippen molar-refractivity contribution in [3.05, 3.63) is 64.3 Å². The van der Waals surface area contributed by atoms with Gasteiger partial charge in [-0.2, -0.15) is 0 Å². The van der Waals surface area contributed by atoms with Gasteiger partial charge in [0.2, 0.25) is 6.41 Å². The van der Waals surface area contributed by atoms with Crippen LogP contribution < -0.4 is 15.9 Å². The molecule has 1 N–H and O–H groups in total. The van der Waals surface area contributed by atoms with Crippen LogP contribution in [0.25, 0.3) is 17.8 Å². The number of aromatic nitrogens is 1. The molecular weight excluding hydrogens is 432 g/mol. The minimum Gasteiger partial charge on any atom is -0.344 e.